The molecule has 2 aromatic carbocycles. The van der Waals surface area contributed by atoms with Crippen LogP contribution in [0.5, 0.6) is 0 Å². The van der Waals surface area contributed by atoms with Crippen molar-refractivity contribution in [2.24, 2.45) is 0 Å². The molecule has 1 heterocycles. The highest BCUT2D eigenvalue weighted by Crippen LogP contribution is 2.35. The maximum absolute atomic E-state index is 10.6. The van der Waals surface area contributed by atoms with Gasteiger partial charge in [-0.2, -0.15) is 0 Å². The van der Waals surface area contributed by atoms with E-state index in [4.69, 9.17) is 0 Å². The number of aliphatic hydroxyl groups is 1. The van der Waals surface area contributed by atoms with Gasteiger partial charge in [0.1, 0.15) is 0 Å². The van der Waals surface area contributed by atoms with Crippen molar-refractivity contribution in [2.45, 2.75) is 30.9 Å². The Morgan fingerprint density at radius 1 is 0.952 bits per heavy atom. The van der Waals surface area contributed by atoms with Gasteiger partial charge in [0.05, 0.1) is 6.10 Å². The Hall–Kier alpha value is -1.64. The van der Waals surface area contributed by atoms with Crippen molar-refractivity contribution < 1.29 is 5.11 Å². The highest BCUT2D eigenvalue weighted by molar-refractivity contribution is 5.35. The third-order valence-corrected chi connectivity index (χ3v) is 4.57. The zero-order valence-electron chi connectivity index (χ0n) is 12.5. The summed E-state index contributed by atoms with van der Waals surface area (Å²) in [6.45, 7) is 1.05. The van der Waals surface area contributed by atoms with E-state index in [9.17, 15) is 5.11 Å². The number of piperidine rings is 1. The highest BCUT2D eigenvalue weighted by atomic mass is 16.3. The van der Waals surface area contributed by atoms with Crippen molar-refractivity contribution in [2.75, 3.05) is 13.6 Å². The molecule has 0 amide bonds. The number of likely N-dealkylation sites (tertiary alicyclic amines) is 1. The van der Waals surface area contributed by atoms with Crippen LogP contribution in [-0.2, 0) is 0 Å². The van der Waals surface area contributed by atoms with Crippen molar-refractivity contribution in [1.29, 1.82) is 0 Å². The predicted octanol–water partition coefficient (Wildman–Crippen LogP) is 3.27. The zero-order valence-corrected chi connectivity index (χ0v) is 12.5. The first-order valence-corrected chi connectivity index (χ1v) is 7.75. The van der Waals surface area contributed by atoms with Crippen LogP contribution in [0.2, 0.25) is 0 Å². The Labute approximate surface area is 127 Å². The number of hydrogen-bond donors (Lipinski definition) is 1. The summed E-state index contributed by atoms with van der Waals surface area (Å²) in [5.74, 6) is 0.215. The topological polar surface area (TPSA) is 23.5 Å². The second-order valence-corrected chi connectivity index (χ2v) is 5.98. The lowest BCUT2D eigenvalue weighted by Crippen LogP contribution is -2.49. The summed E-state index contributed by atoms with van der Waals surface area (Å²) in [5, 5.41) is 10.6. The third kappa shape index (κ3) is 3.02. The molecular formula is C19H23NO. The fraction of sp³-hybridized carbons (Fsp3) is 0.368. The SMILES string of the molecule is CN1CCC[C@H](O)[C@H]1C(c1ccccc1)c1ccccc1. The number of aliphatic hydroxyl groups excluding tert-OH is 1. The number of benzene rings is 2. The van der Waals surface area contributed by atoms with Gasteiger partial charge in [0.2, 0.25) is 0 Å². The predicted molar refractivity (Wildman–Crippen MR) is 86.4 cm³/mol. The van der Waals surface area contributed by atoms with Crippen LogP contribution in [0.15, 0.2) is 60.7 Å². The number of nitrogens with zero attached hydrogens (tertiary/aromatic N) is 1. The van der Waals surface area contributed by atoms with Crippen LogP contribution in [0.4, 0.5) is 0 Å². The van der Waals surface area contributed by atoms with E-state index in [1.807, 2.05) is 12.1 Å². The minimum absolute atomic E-state index is 0.142. The first-order chi connectivity index (χ1) is 10.3. The fourth-order valence-corrected chi connectivity index (χ4v) is 3.55. The standard InChI is InChI=1S/C19H23NO/c1-20-14-8-13-17(21)19(20)18(15-9-4-2-5-10-15)16-11-6-3-7-12-16/h2-7,9-12,17-19,21H,8,13-14H2,1H3/t17-,19-/m0/s1. The van der Waals surface area contributed by atoms with Crippen LogP contribution < -0.4 is 0 Å². The van der Waals surface area contributed by atoms with Gasteiger partial charge < -0.3 is 5.11 Å². The molecule has 1 aliphatic heterocycles. The second kappa shape index (κ2) is 6.42. The van der Waals surface area contributed by atoms with E-state index in [-0.39, 0.29) is 18.1 Å². The molecule has 3 rings (SSSR count). The Morgan fingerprint density at radius 3 is 1.95 bits per heavy atom. The molecular weight excluding hydrogens is 258 g/mol. The van der Waals surface area contributed by atoms with Gasteiger partial charge in [-0.1, -0.05) is 60.7 Å². The normalized spacial score (nSPS) is 23.4. The first kappa shape index (κ1) is 14.3. The molecule has 1 fully saturated rings. The average molecular weight is 281 g/mol. The Kier molecular flexibility index (Phi) is 4.37. The average Bonchev–Trinajstić information content (AvgIpc) is 2.53. The molecule has 2 heteroatoms. The van der Waals surface area contributed by atoms with E-state index >= 15 is 0 Å². The Balaban J connectivity index is 2.04. The van der Waals surface area contributed by atoms with E-state index < -0.39 is 0 Å². The van der Waals surface area contributed by atoms with E-state index in [0.29, 0.717) is 0 Å². The first-order valence-electron chi connectivity index (χ1n) is 7.75. The highest BCUT2D eigenvalue weighted by Gasteiger charge is 2.35. The minimum Gasteiger partial charge on any atom is -0.391 e. The smallest absolute Gasteiger partial charge is 0.0705 e. The van der Waals surface area contributed by atoms with Crippen molar-refractivity contribution >= 4 is 0 Å². The molecule has 2 nitrogen and oxygen atoms in total. The van der Waals surface area contributed by atoms with Gasteiger partial charge in [0, 0.05) is 12.0 Å². The van der Waals surface area contributed by atoms with E-state index in [1.54, 1.807) is 0 Å². The Bertz CT molecular complexity index is 505. The molecule has 110 valence electrons. The van der Waals surface area contributed by atoms with Gasteiger partial charge in [-0.15, -0.1) is 0 Å². The van der Waals surface area contributed by atoms with E-state index in [2.05, 4.69) is 60.5 Å². The molecule has 0 radical (unpaired) electrons. The molecule has 0 spiro atoms. The van der Waals surface area contributed by atoms with E-state index in [0.717, 1.165) is 19.4 Å². The monoisotopic (exact) mass is 281 g/mol. The van der Waals surface area contributed by atoms with Gasteiger partial charge in [0.25, 0.3) is 0 Å². The van der Waals surface area contributed by atoms with Crippen LogP contribution >= 0.6 is 0 Å². The maximum atomic E-state index is 10.6. The van der Waals surface area contributed by atoms with Crippen molar-refractivity contribution in [3.8, 4) is 0 Å². The molecule has 1 saturated heterocycles. The van der Waals surface area contributed by atoms with Crippen LogP contribution in [0.25, 0.3) is 0 Å². The summed E-state index contributed by atoms with van der Waals surface area (Å²) in [6.07, 6.45) is 1.70. The summed E-state index contributed by atoms with van der Waals surface area (Å²) in [5.41, 5.74) is 2.56. The maximum Gasteiger partial charge on any atom is 0.0705 e. The van der Waals surface area contributed by atoms with Gasteiger partial charge in [0.15, 0.2) is 0 Å². The molecule has 1 aliphatic rings. The lowest BCUT2D eigenvalue weighted by Gasteiger charge is -2.42. The van der Waals surface area contributed by atoms with Crippen molar-refractivity contribution in [3.05, 3.63) is 71.8 Å². The molecule has 0 bridgehead atoms. The summed E-state index contributed by atoms with van der Waals surface area (Å²) in [6, 6.07) is 21.3. The van der Waals surface area contributed by atoms with Crippen LogP contribution in [0.3, 0.4) is 0 Å². The quantitative estimate of drug-likeness (QED) is 0.933. The third-order valence-electron chi connectivity index (χ3n) is 4.57. The van der Waals surface area contributed by atoms with Gasteiger partial charge in [-0.25, -0.2) is 0 Å². The summed E-state index contributed by atoms with van der Waals surface area (Å²) < 4.78 is 0. The molecule has 0 aromatic heterocycles. The van der Waals surface area contributed by atoms with E-state index in [1.165, 1.54) is 11.1 Å². The number of rotatable bonds is 3. The largest absolute Gasteiger partial charge is 0.391 e. The van der Waals surface area contributed by atoms with Gasteiger partial charge in [-0.3, -0.25) is 4.90 Å². The zero-order chi connectivity index (χ0) is 14.7. The molecule has 21 heavy (non-hydrogen) atoms. The Morgan fingerprint density at radius 2 is 1.48 bits per heavy atom. The summed E-state index contributed by atoms with van der Waals surface area (Å²) >= 11 is 0. The van der Waals surface area contributed by atoms with Crippen LogP contribution in [-0.4, -0.2) is 35.7 Å². The molecule has 2 atom stereocenters. The lowest BCUT2D eigenvalue weighted by molar-refractivity contribution is 0.0171. The second-order valence-electron chi connectivity index (χ2n) is 5.98. The fourth-order valence-electron chi connectivity index (χ4n) is 3.55. The van der Waals surface area contributed by atoms with Crippen molar-refractivity contribution in [3.63, 3.8) is 0 Å². The van der Waals surface area contributed by atoms with Crippen molar-refractivity contribution in [1.82, 2.24) is 4.90 Å². The van der Waals surface area contributed by atoms with Crippen LogP contribution in [0, 0.1) is 0 Å². The molecule has 1 N–H and O–H groups in total. The van der Waals surface area contributed by atoms with Crippen LogP contribution in [0.1, 0.15) is 29.9 Å². The number of hydrogen-bond acceptors (Lipinski definition) is 2. The van der Waals surface area contributed by atoms with Gasteiger partial charge in [-0.05, 0) is 37.6 Å². The number of likely N-dealkylation sites (N-methyl/N-ethyl adjacent to an activating group) is 1. The molecule has 2 aromatic rings. The van der Waals surface area contributed by atoms with Gasteiger partial charge >= 0.3 is 0 Å². The molecule has 0 aliphatic carbocycles. The minimum atomic E-state index is -0.269. The molecule has 0 unspecified atom stereocenters. The molecule has 0 saturated carbocycles. The summed E-state index contributed by atoms with van der Waals surface area (Å²) in [7, 11) is 2.13. The summed E-state index contributed by atoms with van der Waals surface area (Å²) in [4.78, 5) is 2.32. The lowest BCUT2D eigenvalue weighted by atomic mass is 9.79.